The van der Waals surface area contributed by atoms with Gasteiger partial charge in [-0.1, -0.05) is 43.6 Å². The predicted octanol–water partition coefficient (Wildman–Crippen LogP) is 4.70. The molecule has 0 bridgehead atoms. The van der Waals surface area contributed by atoms with Crippen molar-refractivity contribution in [3.8, 4) is 0 Å². The molecule has 1 saturated heterocycles. The lowest BCUT2D eigenvalue weighted by molar-refractivity contribution is 0.276. The molecule has 0 amide bonds. The number of halogens is 1. The second kappa shape index (κ2) is 9.59. The van der Waals surface area contributed by atoms with Crippen molar-refractivity contribution in [1.29, 1.82) is 0 Å². The first-order valence-electron chi connectivity index (χ1n) is 9.12. The summed E-state index contributed by atoms with van der Waals surface area (Å²) in [7, 11) is 0. The first kappa shape index (κ1) is 19.5. The molecule has 1 aromatic carbocycles. The largest absolute Gasteiger partial charge is 0.308 e. The van der Waals surface area contributed by atoms with Crippen molar-refractivity contribution in [1.82, 2.24) is 9.47 Å². The van der Waals surface area contributed by atoms with Crippen LogP contribution in [0.5, 0.6) is 0 Å². The van der Waals surface area contributed by atoms with Crippen molar-refractivity contribution in [3.63, 3.8) is 0 Å². The summed E-state index contributed by atoms with van der Waals surface area (Å²) >= 11 is 1.40. The van der Waals surface area contributed by atoms with Gasteiger partial charge < -0.3 is 4.90 Å². The van der Waals surface area contributed by atoms with Crippen LogP contribution in [0, 0.1) is 0 Å². The van der Waals surface area contributed by atoms with E-state index >= 15 is 0 Å². The van der Waals surface area contributed by atoms with E-state index in [9.17, 15) is 4.79 Å². The zero-order valence-corrected chi connectivity index (χ0v) is 16.3. The number of hydrogen-bond donors (Lipinski definition) is 0. The van der Waals surface area contributed by atoms with E-state index in [1.807, 2.05) is 4.57 Å². The Morgan fingerprint density at radius 1 is 1.08 bits per heavy atom. The minimum atomic E-state index is 0. The van der Waals surface area contributed by atoms with Crippen LogP contribution in [0.2, 0.25) is 0 Å². The van der Waals surface area contributed by atoms with Gasteiger partial charge in [0.05, 0.1) is 10.2 Å². The summed E-state index contributed by atoms with van der Waals surface area (Å²) in [6.45, 7) is 6.64. The summed E-state index contributed by atoms with van der Waals surface area (Å²) in [5.74, 6) is 0. The Hall–Kier alpha value is -0.840. The molecule has 134 valence electrons. The molecule has 1 aromatic heterocycles. The standard InChI is InChI=1S/C19H28N2OS.ClH/c1-2-8-16-9-10-17-18(15-16)23-19(22)21(17)14-7-13-20-11-5-3-4-6-12-20;/h9-10,15H,2-8,11-14H2,1H3;1H. The van der Waals surface area contributed by atoms with Crippen molar-refractivity contribution in [3.05, 3.63) is 33.4 Å². The first-order chi connectivity index (χ1) is 11.3. The van der Waals surface area contributed by atoms with Crippen molar-refractivity contribution >= 4 is 34.0 Å². The number of thiazole rings is 1. The third-order valence-electron chi connectivity index (χ3n) is 4.83. The molecule has 0 saturated carbocycles. The van der Waals surface area contributed by atoms with Crippen LogP contribution in [0.25, 0.3) is 10.2 Å². The number of rotatable bonds is 6. The molecule has 0 radical (unpaired) electrons. The fourth-order valence-electron chi connectivity index (χ4n) is 3.58. The van der Waals surface area contributed by atoms with Crippen molar-refractivity contribution < 1.29 is 0 Å². The van der Waals surface area contributed by atoms with Gasteiger partial charge in [0.25, 0.3) is 0 Å². The van der Waals surface area contributed by atoms with Crippen LogP contribution in [0.3, 0.4) is 0 Å². The Labute approximate surface area is 155 Å². The molecule has 0 atom stereocenters. The summed E-state index contributed by atoms with van der Waals surface area (Å²) in [5, 5.41) is 0. The van der Waals surface area contributed by atoms with Gasteiger partial charge in [0.2, 0.25) is 0 Å². The van der Waals surface area contributed by atoms with Crippen LogP contribution in [0.15, 0.2) is 23.0 Å². The first-order valence-corrected chi connectivity index (χ1v) is 9.94. The number of aromatic nitrogens is 1. The Balaban J connectivity index is 0.00000208. The molecular formula is C19H29ClN2OS. The van der Waals surface area contributed by atoms with Gasteiger partial charge in [-0.15, -0.1) is 12.4 Å². The third-order valence-corrected chi connectivity index (χ3v) is 5.77. The van der Waals surface area contributed by atoms with Gasteiger partial charge in [0, 0.05) is 6.54 Å². The molecule has 2 heterocycles. The molecule has 3 rings (SSSR count). The molecule has 5 heteroatoms. The SMILES string of the molecule is CCCc1ccc2c(c1)sc(=O)n2CCCN1CCCCCC1.Cl. The molecule has 1 aliphatic heterocycles. The monoisotopic (exact) mass is 368 g/mol. The molecule has 1 aliphatic rings. The normalized spacial score (nSPS) is 16.0. The number of nitrogens with zero attached hydrogens (tertiary/aromatic N) is 2. The van der Waals surface area contributed by atoms with Gasteiger partial charge in [-0.25, -0.2) is 0 Å². The molecule has 3 nitrogen and oxygen atoms in total. The quantitative estimate of drug-likeness (QED) is 0.738. The molecule has 0 unspecified atom stereocenters. The van der Waals surface area contributed by atoms with Gasteiger partial charge in [0.15, 0.2) is 0 Å². The van der Waals surface area contributed by atoms with E-state index in [0.29, 0.717) is 0 Å². The summed E-state index contributed by atoms with van der Waals surface area (Å²) in [5.41, 5.74) is 2.47. The molecule has 0 spiro atoms. The average molecular weight is 369 g/mol. The summed E-state index contributed by atoms with van der Waals surface area (Å²) in [6, 6.07) is 6.53. The summed E-state index contributed by atoms with van der Waals surface area (Å²) in [6.07, 6.45) is 8.75. The van der Waals surface area contributed by atoms with Crippen LogP contribution in [0.1, 0.15) is 51.0 Å². The van der Waals surface area contributed by atoms with E-state index in [1.165, 1.54) is 55.7 Å². The zero-order chi connectivity index (χ0) is 16.1. The highest BCUT2D eigenvalue weighted by Crippen LogP contribution is 2.20. The Kier molecular flexibility index (Phi) is 7.79. The lowest BCUT2D eigenvalue weighted by Gasteiger charge is -2.19. The summed E-state index contributed by atoms with van der Waals surface area (Å²) < 4.78 is 3.13. The molecule has 24 heavy (non-hydrogen) atoms. The fourth-order valence-corrected chi connectivity index (χ4v) is 4.56. The minimum Gasteiger partial charge on any atom is -0.303 e. The lowest BCUT2D eigenvalue weighted by Crippen LogP contribution is -2.27. The van der Waals surface area contributed by atoms with Crippen LogP contribution in [-0.4, -0.2) is 29.1 Å². The second-order valence-corrected chi connectivity index (χ2v) is 7.67. The van der Waals surface area contributed by atoms with Crippen LogP contribution >= 0.6 is 23.7 Å². The van der Waals surface area contributed by atoms with Gasteiger partial charge in [0.1, 0.15) is 0 Å². The van der Waals surface area contributed by atoms with Gasteiger partial charge in [-0.3, -0.25) is 9.36 Å². The predicted molar refractivity (Wildman–Crippen MR) is 107 cm³/mol. The maximum Gasteiger partial charge on any atom is 0.308 e. The van der Waals surface area contributed by atoms with Crippen molar-refractivity contribution in [2.75, 3.05) is 19.6 Å². The van der Waals surface area contributed by atoms with E-state index in [4.69, 9.17) is 0 Å². The Morgan fingerprint density at radius 3 is 2.54 bits per heavy atom. The van der Waals surface area contributed by atoms with Gasteiger partial charge >= 0.3 is 4.87 Å². The molecule has 2 aromatic rings. The topological polar surface area (TPSA) is 25.2 Å². The van der Waals surface area contributed by atoms with Crippen LogP contribution < -0.4 is 4.87 Å². The lowest BCUT2D eigenvalue weighted by atomic mass is 10.1. The number of benzene rings is 1. The number of likely N-dealkylation sites (tertiary alicyclic amines) is 1. The van der Waals surface area contributed by atoms with E-state index in [0.717, 1.165) is 42.6 Å². The molecular weight excluding hydrogens is 340 g/mol. The highest BCUT2D eigenvalue weighted by atomic mass is 35.5. The van der Waals surface area contributed by atoms with Crippen molar-refractivity contribution in [2.45, 2.75) is 58.4 Å². The average Bonchev–Trinajstić information content (AvgIpc) is 2.72. The molecule has 0 N–H and O–H groups in total. The second-order valence-electron chi connectivity index (χ2n) is 6.68. The van der Waals surface area contributed by atoms with E-state index in [2.05, 4.69) is 30.0 Å². The highest BCUT2D eigenvalue weighted by Gasteiger charge is 2.11. The maximum absolute atomic E-state index is 12.3. The van der Waals surface area contributed by atoms with Gasteiger partial charge in [-0.2, -0.15) is 0 Å². The van der Waals surface area contributed by atoms with E-state index in [-0.39, 0.29) is 17.3 Å². The van der Waals surface area contributed by atoms with E-state index < -0.39 is 0 Å². The van der Waals surface area contributed by atoms with E-state index in [1.54, 1.807) is 0 Å². The smallest absolute Gasteiger partial charge is 0.303 e. The summed E-state index contributed by atoms with van der Waals surface area (Å²) in [4.78, 5) is 15.1. The fraction of sp³-hybridized carbons (Fsp3) is 0.632. The zero-order valence-electron chi connectivity index (χ0n) is 14.6. The minimum absolute atomic E-state index is 0. The number of hydrogen-bond acceptors (Lipinski definition) is 3. The van der Waals surface area contributed by atoms with Crippen LogP contribution in [-0.2, 0) is 13.0 Å². The third kappa shape index (κ3) is 4.84. The number of aryl methyl sites for hydroxylation is 2. The maximum atomic E-state index is 12.3. The highest BCUT2D eigenvalue weighted by molar-refractivity contribution is 7.16. The number of fused-ring (bicyclic) bond motifs is 1. The van der Waals surface area contributed by atoms with Crippen molar-refractivity contribution in [2.24, 2.45) is 0 Å². The Bertz CT molecular complexity index is 686. The molecule has 1 fully saturated rings. The van der Waals surface area contributed by atoms with Crippen LogP contribution in [0.4, 0.5) is 0 Å². The molecule has 0 aliphatic carbocycles. The Morgan fingerprint density at radius 2 is 1.83 bits per heavy atom. The van der Waals surface area contributed by atoms with Gasteiger partial charge in [-0.05, 0) is 63.0 Å².